The molecule has 2 N–H and O–H groups in total. The predicted molar refractivity (Wildman–Crippen MR) is 138 cm³/mol. The highest BCUT2D eigenvalue weighted by Gasteiger charge is 2.50. The van der Waals surface area contributed by atoms with Crippen LogP contribution in [0.1, 0.15) is 25.8 Å². The Kier molecular flexibility index (Phi) is 10.5. The van der Waals surface area contributed by atoms with Gasteiger partial charge in [0, 0.05) is 25.3 Å². The van der Waals surface area contributed by atoms with Crippen LogP contribution in [0.15, 0.2) is 30.3 Å². The van der Waals surface area contributed by atoms with Crippen LogP contribution in [0.25, 0.3) is 0 Å². The molecule has 0 spiro atoms. The van der Waals surface area contributed by atoms with Crippen LogP contribution in [-0.4, -0.2) is 97.4 Å². The number of morpholine rings is 1. The summed E-state index contributed by atoms with van der Waals surface area (Å²) in [4.78, 5) is 53.6. The molecular weight excluding hydrogens is 482 g/mol. The Morgan fingerprint density at radius 1 is 1.11 bits per heavy atom. The number of nitrogens with one attached hydrogen (secondary N) is 2. The second kappa shape index (κ2) is 13.3. The second-order valence-electron chi connectivity index (χ2n) is 9.64. The van der Waals surface area contributed by atoms with E-state index in [1.807, 2.05) is 41.5 Å². The SMILES string of the molecule is CSCC(CC(=O)C(C)NC(=O)CN1CCOCC1)C(=O)NC(Cc1ccccc1)C(=O)C1(C)CO1. The number of ether oxygens (including phenoxy) is 2. The van der Waals surface area contributed by atoms with E-state index in [0.29, 0.717) is 45.1 Å². The van der Waals surface area contributed by atoms with Crippen LogP contribution < -0.4 is 10.6 Å². The quantitative estimate of drug-likeness (QED) is 0.348. The number of thioether (sulfide) groups is 1. The van der Waals surface area contributed by atoms with Crippen LogP contribution in [0.2, 0.25) is 0 Å². The number of Topliss-reactive ketones (excluding diaryl/α,β-unsaturated/α-hetero) is 2. The van der Waals surface area contributed by atoms with Crippen molar-refractivity contribution < 1.29 is 28.7 Å². The smallest absolute Gasteiger partial charge is 0.234 e. The molecule has 0 saturated carbocycles. The third-order valence-corrected chi connectivity index (χ3v) is 7.27. The van der Waals surface area contributed by atoms with Crippen molar-refractivity contribution >= 4 is 35.1 Å². The van der Waals surface area contributed by atoms with Crippen LogP contribution in [0.3, 0.4) is 0 Å². The number of amides is 2. The summed E-state index contributed by atoms with van der Waals surface area (Å²) < 4.78 is 10.6. The van der Waals surface area contributed by atoms with Gasteiger partial charge >= 0.3 is 0 Å². The Morgan fingerprint density at radius 2 is 1.78 bits per heavy atom. The number of carbonyl (C=O) groups excluding carboxylic acids is 4. The summed E-state index contributed by atoms with van der Waals surface area (Å²) >= 11 is 1.46. The molecule has 0 radical (unpaired) electrons. The Hall–Kier alpha value is -2.27. The molecule has 2 heterocycles. The molecule has 2 amide bonds. The average molecular weight is 520 g/mol. The molecule has 0 bridgehead atoms. The van der Waals surface area contributed by atoms with E-state index in [-0.39, 0.29) is 36.3 Å². The van der Waals surface area contributed by atoms with E-state index in [1.54, 1.807) is 13.8 Å². The van der Waals surface area contributed by atoms with Crippen LogP contribution in [0.4, 0.5) is 0 Å². The topological polar surface area (TPSA) is 117 Å². The number of nitrogens with zero attached hydrogens (tertiary/aromatic N) is 1. The first-order valence-electron chi connectivity index (χ1n) is 12.4. The summed E-state index contributed by atoms with van der Waals surface area (Å²) in [6, 6.07) is 8.02. The highest BCUT2D eigenvalue weighted by molar-refractivity contribution is 7.98. The van der Waals surface area contributed by atoms with Crippen molar-refractivity contribution in [3.63, 3.8) is 0 Å². The Morgan fingerprint density at radius 3 is 2.39 bits per heavy atom. The number of ketones is 2. The number of hydrogen-bond donors (Lipinski definition) is 2. The van der Waals surface area contributed by atoms with Gasteiger partial charge in [0.05, 0.1) is 44.4 Å². The number of benzene rings is 1. The molecule has 1 aromatic carbocycles. The van der Waals surface area contributed by atoms with E-state index in [0.717, 1.165) is 5.56 Å². The summed E-state index contributed by atoms with van der Waals surface area (Å²) in [5, 5.41) is 5.65. The monoisotopic (exact) mass is 519 g/mol. The lowest BCUT2D eigenvalue weighted by Crippen LogP contribution is -2.50. The van der Waals surface area contributed by atoms with Gasteiger partial charge < -0.3 is 20.1 Å². The van der Waals surface area contributed by atoms with E-state index >= 15 is 0 Å². The molecule has 9 nitrogen and oxygen atoms in total. The normalized spacial score (nSPS) is 22.2. The molecule has 2 aliphatic rings. The fraction of sp³-hybridized carbons (Fsp3) is 0.615. The zero-order chi connectivity index (χ0) is 26.1. The lowest BCUT2D eigenvalue weighted by Gasteiger charge is -2.26. The van der Waals surface area contributed by atoms with Crippen molar-refractivity contribution in [1.82, 2.24) is 15.5 Å². The van der Waals surface area contributed by atoms with Crippen LogP contribution in [-0.2, 0) is 35.1 Å². The Labute approximate surface area is 217 Å². The number of epoxide rings is 1. The van der Waals surface area contributed by atoms with Crippen molar-refractivity contribution in [2.45, 2.75) is 44.4 Å². The molecule has 3 rings (SSSR count). The van der Waals surface area contributed by atoms with Gasteiger partial charge in [0.2, 0.25) is 11.8 Å². The minimum absolute atomic E-state index is 0.0221. The highest BCUT2D eigenvalue weighted by atomic mass is 32.2. The van der Waals surface area contributed by atoms with Crippen LogP contribution in [0, 0.1) is 5.92 Å². The predicted octanol–water partition coefficient (Wildman–Crippen LogP) is 0.847. The molecule has 4 atom stereocenters. The van der Waals surface area contributed by atoms with Gasteiger partial charge in [-0.3, -0.25) is 24.1 Å². The Bertz CT molecular complexity index is 918. The summed E-state index contributed by atoms with van der Waals surface area (Å²) in [5.74, 6) is -1.16. The third-order valence-electron chi connectivity index (χ3n) is 6.53. The zero-order valence-corrected chi connectivity index (χ0v) is 22.1. The second-order valence-corrected chi connectivity index (χ2v) is 10.5. The first-order chi connectivity index (χ1) is 17.2. The van der Waals surface area contributed by atoms with Crippen molar-refractivity contribution in [2.24, 2.45) is 5.92 Å². The third kappa shape index (κ3) is 8.40. The molecular formula is C26H37N3O6S. The van der Waals surface area contributed by atoms with Crippen molar-refractivity contribution in [3.05, 3.63) is 35.9 Å². The molecule has 36 heavy (non-hydrogen) atoms. The lowest BCUT2D eigenvalue weighted by atomic mass is 9.93. The highest BCUT2D eigenvalue weighted by Crippen LogP contribution is 2.29. The number of carbonyl (C=O) groups is 4. The largest absolute Gasteiger partial charge is 0.379 e. The number of hydrogen-bond acceptors (Lipinski definition) is 8. The Balaban J connectivity index is 1.58. The molecule has 2 fully saturated rings. The minimum Gasteiger partial charge on any atom is -0.379 e. The summed E-state index contributed by atoms with van der Waals surface area (Å²) in [7, 11) is 0. The van der Waals surface area contributed by atoms with Gasteiger partial charge in [0.1, 0.15) is 5.60 Å². The van der Waals surface area contributed by atoms with Gasteiger partial charge in [-0.1, -0.05) is 30.3 Å². The van der Waals surface area contributed by atoms with E-state index in [1.165, 1.54) is 11.8 Å². The molecule has 1 aromatic rings. The van der Waals surface area contributed by atoms with E-state index < -0.39 is 23.6 Å². The van der Waals surface area contributed by atoms with Crippen molar-refractivity contribution in [1.29, 1.82) is 0 Å². The molecule has 0 aliphatic carbocycles. The van der Waals surface area contributed by atoms with Gasteiger partial charge in [-0.15, -0.1) is 0 Å². The van der Waals surface area contributed by atoms with E-state index in [4.69, 9.17) is 9.47 Å². The van der Waals surface area contributed by atoms with E-state index in [2.05, 4.69) is 10.6 Å². The maximum absolute atomic E-state index is 13.3. The number of rotatable bonds is 14. The molecule has 198 valence electrons. The summed E-state index contributed by atoms with van der Waals surface area (Å²) in [6.45, 7) is 6.45. The van der Waals surface area contributed by atoms with Gasteiger partial charge in [-0.05, 0) is 32.1 Å². The summed E-state index contributed by atoms with van der Waals surface area (Å²) in [5.41, 5.74) is 0.0473. The summed E-state index contributed by atoms with van der Waals surface area (Å²) in [6.07, 6.45) is 2.19. The maximum atomic E-state index is 13.3. The molecule has 2 saturated heterocycles. The molecule has 10 heteroatoms. The van der Waals surface area contributed by atoms with Crippen molar-refractivity contribution in [3.8, 4) is 0 Å². The van der Waals surface area contributed by atoms with Crippen LogP contribution >= 0.6 is 11.8 Å². The molecule has 2 aliphatic heterocycles. The lowest BCUT2D eigenvalue weighted by molar-refractivity contribution is -0.134. The van der Waals surface area contributed by atoms with Gasteiger partial charge in [-0.25, -0.2) is 0 Å². The van der Waals surface area contributed by atoms with Crippen molar-refractivity contribution in [2.75, 3.05) is 51.5 Å². The average Bonchev–Trinajstić information content (AvgIpc) is 3.62. The standard InChI is InChI=1S/C26H37N3O6S/c1-18(27-23(31)15-29-9-11-34-12-10-29)22(30)14-20(16-36-3)25(33)28-21(24(32)26(2)17-35-26)13-19-7-5-4-6-8-19/h4-8,18,20-21H,9-17H2,1-3H3,(H,27,31)(H,28,33). The fourth-order valence-corrected chi connectivity index (χ4v) is 4.82. The van der Waals surface area contributed by atoms with Gasteiger partial charge in [0.25, 0.3) is 0 Å². The maximum Gasteiger partial charge on any atom is 0.234 e. The van der Waals surface area contributed by atoms with Gasteiger partial charge in [-0.2, -0.15) is 11.8 Å². The minimum atomic E-state index is -0.878. The molecule has 0 aromatic heterocycles. The van der Waals surface area contributed by atoms with Crippen LogP contribution in [0.5, 0.6) is 0 Å². The van der Waals surface area contributed by atoms with E-state index in [9.17, 15) is 19.2 Å². The first kappa shape index (κ1) is 28.3. The van der Waals surface area contributed by atoms with Gasteiger partial charge in [0.15, 0.2) is 11.6 Å². The zero-order valence-electron chi connectivity index (χ0n) is 21.3. The molecule has 4 unspecified atom stereocenters. The fourth-order valence-electron chi connectivity index (χ4n) is 4.15. The first-order valence-corrected chi connectivity index (χ1v) is 13.7.